The minimum absolute atomic E-state index is 0.00657. The molecular weight excluding hydrogens is 414 g/mol. The Bertz CT molecular complexity index is 1180. The van der Waals surface area contributed by atoms with Gasteiger partial charge in [0.2, 0.25) is 0 Å². The van der Waals surface area contributed by atoms with E-state index >= 15 is 0 Å². The summed E-state index contributed by atoms with van der Waals surface area (Å²) in [7, 11) is -2.17. The van der Waals surface area contributed by atoms with Crippen LogP contribution < -0.4 is 10.1 Å². The summed E-state index contributed by atoms with van der Waals surface area (Å²) >= 11 is 0. The number of anilines is 1. The molecule has 0 saturated heterocycles. The van der Waals surface area contributed by atoms with Crippen LogP contribution in [0.1, 0.15) is 16.7 Å². The van der Waals surface area contributed by atoms with Crippen molar-refractivity contribution < 1.29 is 23.1 Å². The first-order valence-corrected chi connectivity index (χ1v) is 11.4. The maximum Gasteiger partial charge on any atom is 0.319 e. The second-order valence-electron chi connectivity index (χ2n) is 7.37. The molecule has 0 aliphatic rings. The van der Waals surface area contributed by atoms with Crippen LogP contribution in [0.15, 0.2) is 65.6 Å². The summed E-state index contributed by atoms with van der Waals surface area (Å²) in [5.74, 6) is -1.45. The largest absolute Gasteiger partial charge is 0.497 e. The van der Waals surface area contributed by atoms with Crippen molar-refractivity contribution in [3.63, 3.8) is 0 Å². The number of carboxylic acid groups (broad SMARTS) is 1. The molecule has 0 radical (unpaired) electrons. The molecule has 0 fully saturated rings. The maximum atomic E-state index is 12.0. The quantitative estimate of drug-likeness (QED) is 0.539. The Morgan fingerprint density at radius 3 is 2.23 bits per heavy atom. The predicted octanol–water partition coefficient (Wildman–Crippen LogP) is 4.45. The van der Waals surface area contributed by atoms with Crippen molar-refractivity contribution in [2.24, 2.45) is 0 Å². The van der Waals surface area contributed by atoms with Gasteiger partial charge in [-0.05, 0) is 84.1 Å². The van der Waals surface area contributed by atoms with Gasteiger partial charge in [0.05, 0.1) is 12.0 Å². The molecule has 0 aliphatic heterocycles. The molecule has 162 valence electrons. The Labute approximate surface area is 182 Å². The number of nitrogens with one attached hydrogen (secondary N) is 1. The van der Waals surface area contributed by atoms with Crippen molar-refractivity contribution >= 4 is 21.5 Å². The Hall–Kier alpha value is -3.32. The monoisotopic (exact) mass is 439 g/mol. The molecule has 0 atom stereocenters. The minimum atomic E-state index is -3.83. The number of hydrogen-bond donors (Lipinski definition) is 2. The molecule has 0 bridgehead atoms. The summed E-state index contributed by atoms with van der Waals surface area (Å²) in [6.07, 6.45) is 0. The van der Waals surface area contributed by atoms with Crippen molar-refractivity contribution in [2.75, 3.05) is 18.2 Å². The van der Waals surface area contributed by atoms with Crippen LogP contribution >= 0.6 is 0 Å². The number of hydrogen-bond acceptors (Lipinski definition) is 5. The normalized spacial score (nSPS) is 11.2. The van der Waals surface area contributed by atoms with E-state index in [4.69, 9.17) is 9.84 Å². The summed E-state index contributed by atoms with van der Waals surface area (Å²) < 4.78 is 29.3. The molecule has 3 aromatic rings. The van der Waals surface area contributed by atoms with Crippen LogP contribution in [0, 0.1) is 13.8 Å². The SMILES string of the molecule is COc1cc(C)c(-c2cccc(CNc3ccc(S(=O)(=O)CC(=O)O)cc3)c2)c(C)c1. The van der Waals surface area contributed by atoms with Crippen molar-refractivity contribution in [3.8, 4) is 16.9 Å². The number of ether oxygens (including phenoxy) is 1. The Morgan fingerprint density at radius 1 is 1.00 bits per heavy atom. The number of benzene rings is 3. The molecule has 0 amide bonds. The highest BCUT2D eigenvalue weighted by molar-refractivity contribution is 7.92. The molecule has 0 saturated carbocycles. The Balaban J connectivity index is 1.75. The topological polar surface area (TPSA) is 92.7 Å². The highest BCUT2D eigenvalue weighted by Gasteiger charge is 2.18. The summed E-state index contributed by atoms with van der Waals surface area (Å²) in [6, 6.07) is 18.4. The van der Waals surface area contributed by atoms with Crippen molar-refractivity contribution in [2.45, 2.75) is 25.3 Å². The zero-order chi connectivity index (χ0) is 22.6. The van der Waals surface area contributed by atoms with Crippen LogP contribution in [-0.2, 0) is 21.2 Å². The van der Waals surface area contributed by atoms with E-state index in [1.165, 1.54) is 17.7 Å². The number of aliphatic carboxylic acids is 1. The molecule has 3 rings (SSSR count). The van der Waals surface area contributed by atoms with Gasteiger partial charge in [-0.3, -0.25) is 4.79 Å². The average molecular weight is 440 g/mol. The van der Waals surface area contributed by atoms with E-state index in [1.54, 1.807) is 19.2 Å². The van der Waals surface area contributed by atoms with Gasteiger partial charge in [0.1, 0.15) is 5.75 Å². The molecule has 6 nitrogen and oxygen atoms in total. The third kappa shape index (κ3) is 5.44. The zero-order valence-corrected chi connectivity index (χ0v) is 18.5. The van der Waals surface area contributed by atoms with E-state index in [-0.39, 0.29) is 4.90 Å². The molecule has 0 aromatic heterocycles. The number of carboxylic acids is 1. The van der Waals surface area contributed by atoms with E-state index in [1.807, 2.05) is 24.3 Å². The summed E-state index contributed by atoms with van der Waals surface area (Å²) in [5.41, 5.74) is 6.40. The van der Waals surface area contributed by atoms with Crippen LogP contribution in [-0.4, -0.2) is 32.4 Å². The number of carbonyl (C=O) groups is 1. The van der Waals surface area contributed by atoms with Gasteiger partial charge >= 0.3 is 5.97 Å². The Kier molecular flexibility index (Phi) is 6.65. The molecule has 2 N–H and O–H groups in total. The smallest absolute Gasteiger partial charge is 0.319 e. The maximum absolute atomic E-state index is 12.0. The average Bonchev–Trinajstić information content (AvgIpc) is 2.71. The first kappa shape index (κ1) is 22.4. The Morgan fingerprint density at radius 2 is 1.65 bits per heavy atom. The van der Waals surface area contributed by atoms with Gasteiger partial charge in [0, 0.05) is 12.2 Å². The van der Waals surface area contributed by atoms with E-state index in [0.717, 1.165) is 33.7 Å². The predicted molar refractivity (Wildman–Crippen MR) is 121 cm³/mol. The fourth-order valence-electron chi connectivity index (χ4n) is 3.56. The molecule has 3 aromatic carbocycles. The third-order valence-electron chi connectivity index (χ3n) is 4.98. The standard InChI is InChI=1S/C24H25NO5S/c1-16-11-21(30-3)12-17(2)24(16)19-6-4-5-18(13-19)14-25-20-7-9-22(10-8-20)31(28,29)15-23(26)27/h4-13,25H,14-15H2,1-3H3,(H,26,27). The molecular formula is C24H25NO5S. The second-order valence-corrected chi connectivity index (χ2v) is 9.36. The highest BCUT2D eigenvalue weighted by atomic mass is 32.2. The van der Waals surface area contributed by atoms with Crippen LogP contribution in [0.4, 0.5) is 5.69 Å². The molecule has 31 heavy (non-hydrogen) atoms. The number of sulfone groups is 1. The van der Waals surface area contributed by atoms with Crippen molar-refractivity contribution in [3.05, 3.63) is 77.4 Å². The first-order valence-electron chi connectivity index (χ1n) is 9.72. The molecule has 0 heterocycles. The summed E-state index contributed by atoms with van der Waals surface area (Å²) in [5, 5.41) is 12.0. The van der Waals surface area contributed by atoms with Crippen molar-refractivity contribution in [1.82, 2.24) is 0 Å². The lowest BCUT2D eigenvalue weighted by Crippen LogP contribution is -2.15. The first-order chi connectivity index (χ1) is 14.7. The fourth-order valence-corrected chi connectivity index (χ4v) is 4.61. The summed E-state index contributed by atoms with van der Waals surface area (Å²) in [6.45, 7) is 4.69. The lowest BCUT2D eigenvalue weighted by molar-refractivity contribution is -0.134. The zero-order valence-electron chi connectivity index (χ0n) is 17.7. The van der Waals surface area contributed by atoms with Crippen LogP contribution in [0.3, 0.4) is 0 Å². The number of methoxy groups -OCH3 is 1. The van der Waals surface area contributed by atoms with E-state index in [9.17, 15) is 13.2 Å². The van der Waals surface area contributed by atoms with E-state index < -0.39 is 21.6 Å². The summed E-state index contributed by atoms with van der Waals surface area (Å²) in [4.78, 5) is 10.7. The molecule has 0 aliphatic carbocycles. The third-order valence-corrected chi connectivity index (χ3v) is 6.60. The second kappa shape index (κ2) is 9.22. The van der Waals surface area contributed by atoms with E-state index in [0.29, 0.717) is 6.54 Å². The van der Waals surface area contributed by atoms with E-state index in [2.05, 4.69) is 31.3 Å². The van der Waals surface area contributed by atoms with Gasteiger partial charge in [-0.2, -0.15) is 0 Å². The van der Waals surface area contributed by atoms with Gasteiger partial charge in [0.25, 0.3) is 0 Å². The lowest BCUT2D eigenvalue weighted by Gasteiger charge is -2.14. The van der Waals surface area contributed by atoms with Gasteiger partial charge in [-0.1, -0.05) is 18.2 Å². The molecule has 0 spiro atoms. The molecule has 0 unspecified atom stereocenters. The minimum Gasteiger partial charge on any atom is -0.497 e. The van der Waals surface area contributed by atoms with Crippen molar-refractivity contribution in [1.29, 1.82) is 0 Å². The van der Waals surface area contributed by atoms with Gasteiger partial charge in [-0.15, -0.1) is 0 Å². The highest BCUT2D eigenvalue weighted by Crippen LogP contribution is 2.31. The van der Waals surface area contributed by atoms with Crippen LogP contribution in [0.5, 0.6) is 5.75 Å². The number of rotatable bonds is 8. The fraction of sp³-hybridized carbons (Fsp3) is 0.208. The van der Waals surface area contributed by atoms with Gasteiger partial charge < -0.3 is 15.2 Å². The van der Waals surface area contributed by atoms with Crippen LogP contribution in [0.25, 0.3) is 11.1 Å². The van der Waals surface area contributed by atoms with Gasteiger partial charge in [-0.25, -0.2) is 8.42 Å². The lowest BCUT2D eigenvalue weighted by atomic mass is 9.94. The van der Waals surface area contributed by atoms with Gasteiger partial charge in [0.15, 0.2) is 15.6 Å². The number of aryl methyl sites for hydroxylation is 2. The van der Waals surface area contributed by atoms with Crippen LogP contribution in [0.2, 0.25) is 0 Å². The molecule has 7 heteroatoms.